The van der Waals surface area contributed by atoms with Crippen molar-refractivity contribution in [2.24, 2.45) is 46.3 Å². The van der Waals surface area contributed by atoms with Crippen molar-refractivity contribution < 1.29 is 19.7 Å². The molecule has 6 rings (SSSR count). The molecular formula is C27H42O4. The minimum absolute atomic E-state index is 0.155. The van der Waals surface area contributed by atoms with E-state index in [-0.39, 0.29) is 17.3 Å². The normalized spacial score (nSPS) is 60.7. The van der Waals surface area contributed by atoms with Crippen molar-refractivity contribution >= 4 is 0 Å². The molecule has 12 atom stereocenters. The van der Waals surface area contributed by atoms with Crippen LogP contribution in [-0.2, 0) is 9.47 Å². The number of aliphatic hydroxyl groups is 2. The van der Waals surface area contributed by atoms with Gasteiger partial charge in [-0.1, -0.05) is 39.3 Å². The summed E-state index contributed by atoms with van der Waals surface area (Å²) < 4.78 is 13.3. The van der Waals surface area contributed by atoms with Crippen LogP contribution in [0, 0.1) is 46.3 Å². The molecule has 5 fully saturated rings. The van der Waals surface area contributed by atoms with Crippen LogP contribution in [0.1, 0.15) is 79.1 Å². The highest BCUT2D eigenvalue weighted by Gasteiger charge is 2.69. The first-order valence-corrected chi connectivity index (χ1v) is 13.1. The second kappa shape index (κ2) is 6.81. The summed E-state index contributed by atoms with van der Waals surface area (Å²) in [5, 5.41) is 21.4. The minimum Gasteiger partial charge on any atom is -0.393 e. The van der Waals surface area contributed by atoms with Gasteiger partial charge in [0.05, 0.1) is 24.9 Å². The van der Waals surface area contributed by atoms with Gasteiger partial charge in [-0.2, -0.15) is 0 Å². The monoisotopic (exact) mass is 430 g/mol. The zero-order valence-corrected chi connectivity index (χ0v) is 19.8. The van der Waals surface area contributed by atoms with Gasteiger partial charge in [-0.25, -0.2) is 0 Å². The van der Waals surface area contributed by atoms with Crippen molar-refractivity contribution in [1.82, 2.24) is 0 Å². The first kappa shape index (κ1) is 21.1. The Kier molecular flexibility index (Phi) is 4.64. The van der Waals surface area contributed by atoms with Crippen LogP contribution >= 0.6 is 0 Å². The fourth-order valence-electron chi connectivity index (χ4n) is 9.72. The second-order valence-electron chi connectivity index (χ2n) is 12.8. The molecule has 0 radical (unpaired) electrons. The summed E-state index contributed by atoms with van der Waals surface area (Å²) in [6.45, 7) is 10.4. The molecule has 174 valence electrons. The SMILES string of the molecule is C[C@@H]1CC[C@@]2(OC1)O[C@@H]1C[C@@H]3[C@@H]4CC=C5C[C@@H](O)C[C@@H](O)[C@]5(C)[C@H]4CC[C@]3(C)[C@H]1[C@@H]2C. The smallest absolute Gasteiger partial charge is 0.171 e. The molecule has 4 aliphatic carbocycles. The fourth-order valence-corrected chi connectivity index (χ4v) is 9.72. The van der Waals surface area contributed by atoms with Crippen LogP contribution in [0.4, 0.5) is 0 Å². The van der Waals surface area contributed by atoms with Gasteiger partial charge in [-0.3, -0.25) is 0 Å². The maximum Gasteiger partial charge on any atom is 0.171 e. The van der Waals surface area contributed by atoms with Crippen LogP contribution in [0.15, 0.2) is 11.6 Å². The highest BCUT2D eigenvalue weighted by Crippen LogP contribution is 2.70. The number of rotatable bonds is 0. The van der Waals surface area contributed by atoms with Gasteiger partial charge in [0.25, 0.3) is 0 Å². The van der Waals surface area contributed by atoms with Gasteiger partial charge in [0.1, 0.15) is 0 Å². The Bertz CT molecular complexity index is 769. The average molecular weight is 431 g/mol. The van der Waals surface area contributed by atoms with Crippen LogP contribution in [-0.4, -0.2) is 40.9 Å². The van der Waals surface area contributed by atoms with Gasteiger partial charge in [0.15, 0.2) is 5.79 Å². The lowest BCUT2D eigenvalue weighted by molar-refractivity contribution is -0.272. The standard InChI is InChI=1S/C27H42O4/c1-15-7-10-27(30-14-15)16(2)24-22(31-27)13-21-19-6-5-17-11-18(28)12-23(29)26(17,4)20(19)8-9-25(21,24)3/h5,15-16,18-24,28-29H,6-14H2,1-4H3/t15-,16+,18-,19-,20+,21-,22-,23-,24+,25+,26+,27-/m1/s1. The molecule has 2 N–H and O–H groups in total. The van der Waals surface area contributed by atoms with Gasteiger partial charge in [-0.05, 0) is 73.5 Å². The van der Waals surface area contributed by atoms with Gasteiger partial charge >= 0.3 is 0 Å². The zero-order chi connectivity index (χ0) is 21.8. The predicted molar refractivity (Wildman–Crippen MR) is 119 cm³/mol. The van der Waals surface area contributed by atoms with Crippen molar-refractivity contribution in [1.29, 1.82) is 0 Å². The summed E-state index contributed by atoms with van der Waals surface area (Å²) in [4.78, 5) is 0. The number of ether oxygens (including phenoxy) is 2. The van der Waals surface area contributed by atoms with E-state index < -0.39 is 6.10 Å². The van der Waals surface area contributed by atoms with Gasteiger partial charge in [0.2, 0.25) is 0 Å². The maximum absolute atomic E-state index is 11.1. The zero-order valence-electron chi connectivity index (χ0n) is 19.8. The third-order valence-electron chi connectivity index (χ3n) is 11.4. The largest absolute Gasteiger partial charge is 0.393 e. The highest BCUT2D eigenvalue weighted by atomic mass is 16.7. The van der Waals surface area contributed by atoms with E-state index in [0.717, 1.165) is 32.3 Å². The summed E-state index contributed by atoms with van der Waals surface area (Å²) in [7, 11) is 0. The Morgan fingerprint density at radius 2 is 1.84 bits per heavy atom. The summed E-state index contributed by atoms with van der Waals surface area (Å²) in [5.41, 5.74) is 1.48. The summed E-state index contributed by atoms with van der Waals surface area (Å²) in [6, 6.07) is 0. The van der Waals surface area contributed by atoms with Crippen molar-refractivity contribution in [3.63, 3.8) is 0 Å². The quantitative estimate of drug-likeness (QED) is 0.548. The lowest BCUT2D eigenvalue weighted by Gasteiger charge is -2.59. The molecule has 0 aromatic carbocycles. The van der Waals surface area contributed by atoms with Gasteiger partial charge < -0.3 is 19.7 Å². The third kappa shape index (κ3) is 2.68. The van der Waals surface area contributed by atoms with Crippen molar-refractivity contribution in [3.05, 3.63) is 11.6 Å². The van der Waals surface area contributed by atoms with Crippen molar-refractivity contribution in [2.45, 2.75) is 103 Å². The number of hydrogen-bond donors (Lipinski definition) is 2. The van der Waals surface area contributed by atoms with E-state index in [2.05, 4.69) is 33.8 Å². The first-order valence-electron chi connectivity index (χ1n) is 13.1. The molecule has 31 heavy (non-hydrogen) atoms. The van der Waals surface area contributed by atoms with E-state index in [1.165, 1.54) is 24.8 Å². The Labute approximate surface area is 187 Å². The van der Waals surface area contributed by atoms with Crippen LogP contribution in [0.2, 0.25) is 0 Å². The maximum atomic E-state index is 11.1. The molecule has 6 aliphatic rings. The lowest BCUT2D eigenvalue weighted by atomic mass is 9.46. The lowest BCUT2D eigenvalue weighted by Crippen LogP contribution is -2.56. The highest BCUT2D eigenvalue weighted by molar-refractivity contribution is 5.28. The molecule has 0 unspecified atom stereocenters. The number of hydrogen-bond acceptors (Lipinski definition) is 4. The first-order chi connectivity index (χ1) is 14.7. The molecule has 2 saturated heterocycles. The Hall–Kier alpha value is -0.420. The number of fused-ring (bicyclic) bond motifs is 7. The summed E-state index contributed by atoms with van der Waals surface area (Å²) in [5.74, 6) is 3.17. The number of allylic oxidation sites excluding steroid dienone is 1. The molecule has 2 heterocycles. The molecule has 0 bridgehead atoms. The van der Waals surface area contributed by atoms with Gasteiger partial charge in [0, 0.05) is 24.2 Å². The van der Waals surface area contributed by atoms with E-state index in [1.54, 1.807) is 0 Å². The molecule has 0 amide bonds. The van der Waals surface area contributed by atoms with E-state index in [1.807, 2.05) is 0 Å². The second-order valence-corrected chi connectivity index (χ2v) is 12.8. The molecule has 4 heteroatoms. The molecule has 1 spiro atoms. The van der Waals surface area contributed by atoms with Crippen LogP contribution in [0.5, 0.6) is 0 Å². The van der Waals surface area contributed by atoms with Crippen LogP contribution in [0.25, 0.3) is 0 Å². The Morgan fingerprint density at radius 3 is 2.58 bits per heavy atom. The van der Waals surface area contributed by atoms with Crippen LogP contribution in [0.3, 0.4) is 0 Å². The molecular weight excluding hydrogens is 388 g/mol. The Morgan fingerprint density at radius 1 is 1.03 bits per heavy atom. The van der Waals surface area contributed by atoms with E-state index >= 15 is 0 Å². The van der Waals surface area contributed by atoms with Crippen LogP contribution < -0.4 is 0 Å². The topological polar surface area (TPSA) is 58.9 Å². The molecule has 4 nitrogen and oxygen atoms in total. The third-order valence-corrected chi connectivity index (χ3v) is 11.4. The summed E-state index contributed by atoms with van der Waals surface area (Å²) in [6.07, 6.45) is 10.2. The Balaban J connectivity index is 1.29. The van der Waals surface area contributed by atoms with E-state index in [0.29, 0.717) is 53.4 Å². The minimum atomic E-state index is -0.420. The summed E-state index contributed by atoms with van der Waals surface area (Å²) >= 11 is 0. The average Bonchev–Trinajstić information content (AvgIpc) is 3.16. The molecule has 0 aromatic heterocycles. The van der Waals surface area contributed by atoms with E-state index in [9.17, 15) is 10.2 Å². The van der Waals surface area contributed by atoms with E-state index in [4.69, 9.17) is 9.47 Å². The molecule has 2 aliphatic heterocycles. The van der Waals surface area contributed by atoms with Gasteiger partial charge in [-0.15, -0.1) is 0 Å². The molecule has 0 aromatic rings. The van der Waals surface area contributed by atoms with Crippen molar-refractivity contribution in [3.8, 4) is 0 Å². The van der Waals surface area contributed by atoms with Crippen molar-refractivity contribution in [2.75, 3.05) is 6.61 Å². The predicted octanol–water partition coefficient (Wildman–Crippen LogP) is 4.68. The fraction of sp³-hybridized carbons (Fsp3) is 0.926. The molecule has 3 saturated carbocycles. The number of aliphatic hydroxyl groups excluding tert-OH is 2.